The Kier molecular flexibility index (Phi) is 4.80. The fourth-order valence-corrected chi connectivity index (χ4v) is 2.81. The lowest BCUT2D eigenvalue weighted by Crippen LogP contribution is -2.00. The zero-order chi connectivity index (χ0) is 16.2. The van der Waals surface area contributed by atoms with E-state index in [0.29, 0.717) is 5.56 Å². The highest BCUT2D eigenvalue weighted by molar-refractivity contribution is 7.85. The topological polar surface area (TPSA) is 80.4 Å². The molecular weight excluding hydrogens is 298 g/mol. The van der Waals surface area contributed by atoms with Gasteiger partial charge >= 0.3 is 0 Å². The minimum Gasteiger partial charge on any atom is -0.399 e. The number of anilines is 1. The number of nitrogen functional groups attached to an aromatic ring is 1. The Balaban J connectivity index is 0.000000211. The van der Waals surface area contributed by atoms with Gasteiger partial charge in [-0.1, -0.05) is 48.5 Å². The van der Waals surface area contributed by atoms with E-state index in [4.69, 9.17) is 10.3 Å². The Morgan fingerprint density at radius 3 is 1.82 bits per heavy atom. The van der Waals surface area contributed by atoms with E-state index in [9.17, 15) is 8.42 Å². The van der Waals surface area contributed by atoms with Gasteiger partial charge in [0.1, 0.15) is 0 Å². The molecule has 0 bridgehead atoms. The molecule has 3 aromatic carbocycles. The van der Waals surface area contributed by atoms with Gasteiger partial charge in [-0.25, -0.2) is 0 Å². The van der Waals surface area contributed by atoms with Crippen molar-refractivity contribution in [1.82, 2.24) is 0 Å². The summed E-state index contributed by atoms with van der Waals surface area (Å²) < 4.78 is 31.1. The summed E-state index contributed by atoms with van der Waals surface area (Å²) in [6, 6.07) is 20.1. The molecule has 0 atom stereocenters. The predicted molar refractivity (Wildman–Crippen MR) is 89.4 cm³/mol. The number of aryl methyl sites for hydroxylation is 1. The molecule has 3 rings (SSSR count). The molecule has 0 saturated heterocycles. The smallest absolute Gasteiger partial charge is 0.294 e. The second-order valence-corrected chi connectivity index (χ2v) is 6.24. The average molecular weight is 315 g/mol. The van der Waals surface area contributed by atoms with Gasteiger partial charge in [-0.3, -0.25) is 4.55 Å². The maximum absolute atomic E-state index is 11.1. The van der Waals surface area contributed by atoms with E-state index in [1.807, 2.05) is 54.6 Å². The molecule has 22 heavy (non-hydrogen) atoms. The molecule has 0 aliphatic carbocycles. The van der Waals surface area contributed by atoms with Crippen LogP contribution in [0.5, 0.6) is 0 Å². The molecule has 0 saturated carbocycles. The first kappa shape index (κ1) is 16.0. The minimum absolute atomic E-state index is 0.0267. The van der Waals surface area contributed by atoms with Gasteiger partial charge in [-0.2, -0.15) is 8.42 Å². The molecule has 0 aromatic heterocycles. The predicted octanol–water partition coefficient (Wildman–Crippen LogP) is 3.66. The largest absolute Gasteiger partial charge is 0.399 e. The van der Waals surface area contributed by atoms with Gasteiger partial charge in [0.25, 0.3) is 10.1 Å². The molecule has 0 aliphatic rings. The van der Waals surface area contributed by atoms with E-state index in [1.54, 1.807) is 13.0 Å². The normalized spacial score (nSPS) is 10.8. The number of hydrogen-bond donors (Lipinski definition) is 2. The SMILES string of the molecule is Cc1cc2ccccc2cc1S(=O)(=O)O.Nc1ccccc1. The van der Waals surface area contributed by atoms with E-state index in [-0.39, 0.29) is 4.90 Å². The van der Waals surface area contributed by atoms with Crippen LogP contribution in [0.2, 0.25) is 0 Å². The van der Waals surface area contributed by atoms with Crippen LogP contribution < -0.4 is 5.73 Å². The molecule has 5 heteroatoms. The molecule has 0 aliphatic heterocycles. The Bertz CT molecular complexity index is 875. The second kappa shape index (κ2) is 6.60. The lowest BCUT2D eigenvalue weighted by atomic mass is 10.1. The van der Waals surface area contributed by atoms with Crippen LogP contribution in [0.15, 0.2) is 71.6 Å². The number of nitrogens with two attached hydrogens (primary N) is 1. The van der Waals surface area contributed by atoms with Gasteiger partial charge in [0.15, 0.2) is 0 Å². The molecule has 4 nitrogen and oxygen atoms in total. The second-order valence-electron chi connectivity index (χ2n) is 4.85. The molecular formula is C17H17NO3S. The first-order valence-corrected chi connectivity index (χ1v) is 8.09. The van der Waals surface area contributed by atoms with Crippen molar-refractivity contribution >= 4 is 26.6 Å². The van der Waals surface area contributed by atoms with Crippen LogP contribution in [0.3, 0.4) is 0 Å². The summed E-state index contributed by atoms with van der Waals surface area (Å²) >= 11 is 0. The summed E-state index contributed by atoms with van der Waals surface area (Å²) in [6.45, 7) is 1.66. The van der Waals surface area contributed by atoms with Crippen molar-refractivity contribution < 1.29 is 13.0 Å². The van der Waals surface area contributed by atoms with Crippen LogP contribution >= 0.6 is 0 Å². The quantitative estimate of drug-likeness (QED) is 0.530. The van der Waals surface area contributed by atoms with Crippen LogP contribution in [0.4, 0.5) is 5.69 Å². The first-order valence-electron chi connectivity index (χ1n) is 6.65. The molecule has 0 radical (unpaired) electrons. The third kappa shape index (κ3) is 4.07. The summed E-state index contributed by atoms with van der Waals surface area (Å²) in [6.07, 6.45) is 0. The monoisotopic (exact) mass is 315 g/mol. The highest BCUT2D eigenvalue weighted by Gasteiger charge is 2.13. The Morgan fingerprint density at radius 1 is 0.864 bits per heavy atom. The van der Waals surface area contributed by atoms with Gasteiger partial charge in [0, 0.05) is 5.69 Å². The van der Waals surface area contributed by atoms with Crippen LogP contribution in [0.25, 0.3) is 10.8 Å². The van der Waals surface area contributed by atoms with Crippen molar-refractivity contribution in [2.75, 3.05) is 5.73 Å². The summed E-state index contributed by atoms with van der Waals surface area (Å²) in [4.78, 5) is -0.0267. The van der Waals surface area contributed by atoms with Crippen LogP contribution in [-0.4, -0.2) is 13.0 Å². The molecule has 0 fully saturated rings. The Labute approximate surface area is 130 Å². The third-order valence-corrected chi connectivity index (χ3v) is 4.12. The van der Waals surface area contributed by atoms with Crippen LogP contribution in [-0.2, 0) is 10.1 Å². The molecule has 114 valence electrons. The van der Waals surface area contributed by atoms with Crippen LogP contribution in [0.1, 0.15) is 5.56 Å². The van der Waals surface area contributed by atoms with Gasteiger partial charge in [-0.15, -0.1) is 0 Å². The lowest BCUT2D eigenvalue weighted by molar-refractivity contribution is 0.482. The van der Waals surface area contributed by atoms with Crippen LogP contribution in [0, 0.1) is 6.92 Å². The van der Waals surface area contributed by atoms with E-state index in [1.165, 1.54) is 6.07 Å². The van der Waals surface area contributed by atoms with Crippen molar-refractivity contribution in [3.05, 3.63) is 72.3 Å². The number of hydrogen-bond acceptors (Lipinski definition) is 3. The van der Waals surface area contributed by atoms with E-state index < -0.39 is 10.1 Å². The van der Waals surface area contributed by atoms with E-state index in [0.717, 1.165) is 16.5 Å². The molecule has 0 spiro atoms. The summed E-state index contributed by atoms with van der Waals surface area (Å²) in [5.74, 6) is 0. The Morgan fingerprint density at radius 2 is 1.36 bits per heavy atom. The standard InChI is InChI=1S/C11H10O3S.C6H7N/c1-8-6-9-4-2-3-5-10(9)7-11(8)15(12,13)14;7-6-4-2-1-3-5-6/h2-7H,1H3,(H,12,13,14);1-5H,7H2. The minimum atomic E-state index is -4.12. The van der Waals surface area contributed by atoms with Crippen molar-refractivity contribution in [2.45, 2.75) is 11.8 Å². The van der Waals surface area contributed by atoms with E-state index in [2.05, 4.69) is 0 Å². The number of para-hydroxylation sites is 1. The number of fused-ring (bicyclic) bond motifs is 1. The van der Waals surface area contributed by atoms with E-state index >= 15 is 0 Å². The zero-order valence-corrected chi connectivity index (χ0v) is 12.9. The van der Waals surface area contributed by atoms with Crippen molar-refractivity contribution in [2.24, 2.45) is 0 Å². The highest BCUT2D eigenvalue weighted by Crippen LogP contribution is 2.22. The maximum Gasteiger partial charge on any atom is 0.294 e. The molecule has 3 N–H and O–H groups in total. The van der Waals surface area contributed by atoms with Gasteiger partial charge < -0.3 is 5.73 Å². The summed E-state index contributed by atoms with van der Waals surface area (Å²) in [7, 11) is -4.12. The van der Waals surface area contributed by atoms with Crippen molar-refractivity contribution in [3.8, 4) is 0 Å². The van der Waals surface area contributed by atoms with Gasteiger partial charge in [0.05, 0.1) is 4.90 Å². The fraction of sp³-hybridized carbons (Fsp3) is 0.0588. The zero-order valence-electron chi connectivity index (χ0n) is 12.1. The molecule has 3 aromatic rings. The fourth-order valence-electron chi connectivity index (χ4n) is 2.06. The molecule has 0 heterocycles. The third-order valence-electron chi connectivity index (χ3n) is 3.12. The van der Waals surface area contributed by atoms with Crippen molar-refractivity contribution in [3.63, 3.8) is 0 Å². The first-order chi connectivity index (χ1) is 10.4. The van der Waals surface area contributed by atoms with Crippen molar-refractivity contribution in [1.29, 1.82) is 0 Å². The summed E-state index contributed by atoms with van der Waals surface area (Å²) in [5.41, 5.74) is 6.73. The number of benzene rings is 3. The summed E-state index contributed by atoms with van der Waals surface area (Å²) in [5, 5.41) is 1.76. The maximum atomic E-state index is 11.1. The molecule has 0 unspecified atom stereocenters. The number of rotatable bonds is 1. The van der Waals surface area contributed by atoms with Gasteiger partial charge in [0.2, 0.25) is 0 Å². The average Bonchev–Trinajstić information content (AvgIpc) is 2.47. The highest BCUT2D eigenvalue weighted by atomic mass is 32.2. The van der Waals surface area contributed by atoms with Gasteiger partial charge in [-0.05, 0) is 41.5 Å². The molecule has 0 amide bonds. The Hall–Kier alpha value is -2.37. The lowest BCUT2D eigenvalue weighted by Gasteiger charge is -2.04.